The smallest absolute Gasteiger partial charge is 0.155 e. The van der Waals surface area contributed by atoms with Crippen molar-refractivity contribution < 1.29 is 4.79 Å². The van der Waals surface area contributed by atoms with Crippen LogP contribution in [0.4, 0.5) is 0 Å². The van der Waals surface area contributed by atoms with E-state index in [2.05, 4.69) is 33.8 Å². The zero-order chi connectivity index (χ0) is 16.4. The zero-order valence-electron chi connectivity index (χ0n) is 15.3. The van der Waals surface area contributed by atoms with Crippen LogP contribution in [-0.4, -0.2) is 5.78 Å². The van der Waals surface area contributed by atoms with Crippen molar-refractivity contribution >= 4 is 5.78 Å². The van der Waals surface area contributed by atoms with E-state index in [1.54, 1.807) is 5.57 Å². The first kappa shape index (κ1) is 15.7. The molecule has 0 saturated heterocycles. The quantitative estimate of drug-likeness (QED) is 0.567. The number of hydrogen-bond acceptors (Lipinski definition) is 1. The Morgan fingerprint density at radius 2 is 1.96 bits per heavy atom. The van der Waals surface area contributed by atoms with Gasteiger partial charge in [-0.05, 0) is 79.1 Å². The first-order valence-corrected chi connectivity index (χ1v) is 9.84. The average molecular weight is 312 g/mol. The second-order valence-corrected chi connectivity index (χ2v) is 9.27. The molecule has 0 heterocycles. The highest BCUT2D eigenvalue weighted by atomic mass is 16.1. The van der Waals surface area contributed by atoms with Gasteiger partial charge in [-0.2, -0.15) is 0 Å². The molecule has 126 valence electrons. The van der Waals surface area contributed by atoms with E-state index in [9.17, 15) is 4.79 Å². The summed E-state index contributed by atoms with van der Waals surface area (Å²) in [6, 6.07) is 0. The lowest BCUT2D eigenvalue weighted by Gasteiger charge is -2.59. The van der Waals surface area contributed by atoms with Gasteiger partial charge in [0.05, 0.1) is 0 Å². The lowest BCUT2D eigenvalue weighted by Crippen LogP contribution is -2.51. The van der Waals surface area contributed by atoms with Crippen LogP contribution < -0.4 is 0 Å². The van der Waals surface area contributed by atoms with Gasteiger partial charge in [0.1, 0.15) is 0 Å². The Hall–Kier alpha value is -0.850. The van der Waals surface area contributed by atoms with E-state index in [-0.39, 0.29) is 0 Å². The van der Waals surface area contributed by atoms with Crippen molar-refractivity contribution in [2.24, 2.45) is 34.5 Å². The molecule has 0 amide bonds. The van der Waals surface area contributed by atoms with Crippen LogP contribution in [0.1, 0.15) is 72.6 Å². The topological polar surface area (TPSA) is 17.1 Å². The normalized spacial score (nSPS) is 49.0. The molecule has 2 saturated carbocycles. The second kappa shape index (κ2) is 5.07. The predicted molar refractivity (Wildman–Crippen MR) is 95.0 cm³/mol. The summed E-state index contributed by atoms with van der Waals surface area (Å²) in [5, 5.41) is 0. The number of carbonyl (C=O) groups is 1. The third-order valence-corrected chi connectivity index (χ3v) is 8.40. The Morgan fingerprint density at radius 1 is 1.17 bits per heavy atom. The Bertz CT molecular complexity index is 597. The van der Waals surface area contributed by atoms with Crippen LogP contribution in [0.25, 0.3) is 0 Å². The average Bonchev–Trinajstić information content (AvgIpc) is 2.86. The molecule has 0 aromatic heterocycles. The fourth-order valence-electron chi connectivity index (χ4n) is 7.19. The molecule has 6 atom stereocenters. The third-order valence-electron chi connectivity index (χ3n) is 8.40. The first-order valence-electron chi connectivity index (χ1n) is 9.84. The lowest BCUT2D eigenvalue weighted by molar-refractivity contribution is -0.117. The van der Waals surface area contributed by atoms with Crippen molar-refractivity contribution in [2.75, 3.05) is 0 Å². The maximum atomic E-state index is 12.0. The molecule has 0 radical (unpaired) electrons. The molecule has 4 aliphatic rings. The van der Waals surface area contributed by atoms with Gasteiger partial charge < -0.3 is 0 Å². The van der Waals surface area contributed by atoms with Gasteiger partial charge in [-0.3, -0.25) is 4.79 Å². The van der Waals surface area contributed by atoms with Gasteiger partial charge >= 0.3 is 0 Å². The van der Waals surface area contributed by atoms with Gasteiger partial charge in [0.2, 0.25) is 0 Å². The molecule has 0 spiro atoms. The largest absolute Gasteiger partial charge is 0.295 e. The summed E-state index contributed by atoms with van der Waals surface area (Å²) in [4.78, 5) is 12.0. The molecule has 0 aromatic carbocycles. The van der Waals surface area contributed by atoms with Crippen LogP contribution in [0.2, 0.25) is 0 Å². The highest BCUT2D eigenvalue weighted by molar-refractivity contribution is 5.91. The minimum absolute atomic E-state index is 0.298. The number of rotatable bonds is 1. The van der Waals surface area contributed by atoms with Crippen molar-refractivity contribution in [2.45, 2.75) is 72.6 Å². The van der Waals surface area contributed by atoms with E-state index in [4.69, 9.17) is 0 Å². The molecule has 1 heteroatoms. The van der Waals surface area contributed by atoms with E-state index in [1.807, 2.05) is 6.08 Å². The van der Waals surface area contributed by atoms with Gasteiger partial charge in [-0.15, -0.1) is 0 Å². The predicted octanol–water partition coefficient (Wildman–Crippen LogP) is 5.71. The van der Waals surface area contributed by atoms with Gasteiger partial charge in [-0.1, -0.05) is 44.9 Å². The van der Waals surface area contributed by atoms with E-state index < -0.39 is 0 Å². The van der Waals surface area contributed by atoms with Gasteiger partial charge in [0.25, 0.3) is 0 Å². The number of fused-ring (bicyclic) bond motifs is 5. The molecule has 23 heavy (non-hydrogen) atoms. The van der Waals surface area contributed by atoms with Crippen LogP contribution in [0, 0.1) is 34.5 Å². The maximum Gasteiger partial charge on any atom is 0.155 e. The number of hydrogen-bond donors (Lipinski definition) is 0. The van der Waals surface area contributed by atoms with E-state index in [0.717, 1.165) is 30.6 Å². The van der Waals surface area contributed by atoms with Crippen molar-refractivity contribution in [1.29, 1.82) is 0 Å². The van der Waals surface area contributed by atoms with Crippen molar-refractivity contribution in [3.8, 4) is 0 Å². The lowest BCUT2D eigenvalue weighted by atomic mass is 9.45. The fourth-order valence-corrected chi connectivity index (χ4v) is 7.19. The molecule has 0 aliphatic heterocycles. The third kappa shape index (κ3) is 2.01. The van der Waals surface area contributed by atoms with Gasteiger partial charge in [0, 0.05) is 6.42 Å². The summed E-state index contributed by atoms with van der Waals surface area (Å²) < 4.78 is 0. The minimum Gasteiger partial charge on any atom is -0.295 e. The van der Waals surface area contributed by atoms with Crippen molar-refractivity contribution in [1.82, 2.24) is 0 Å². The molecule has 2 fully saturated rings. The molecule has 1 nitrogen and oxygen atoms in total. The zero-order valence-corrected chi connectivity index (χ0v) is 15.3. The van der Waals surface area contributed by atoms with E-state index in [1.165, 1.54) is 37.7 Å². The molecule has 4 rings (SSSR count). The summed E-state index contributed by atoms with van der Waals surface area (Å²) in [7, 11) is 0. The van der Waals surface area contributed by atoms with Gasteiger partial charge in [-0.25, -0.2) is 0 Å². The Kier molecular flexibility index (Phi) is 3.45. The highest BCUT2D eigenvalue weighted by Crippen LogP contribution is 2.66. The van der Waals surface area contributed by atoms with Crippen LogP contribution in [0.3, 0.4) is 0 Å². The molecule has 4 aliphatic carbocycles. The summed E-state index contributed by atoms with van der Waals surface area (Å²) in [5.41, 5.74) is 4.00. The minimum atomic E-state index is 0.298. The van der Waals surface area contributed by atoms with Crippen LogP contribution in [0.5, 0.6) is 0 Å². The molecule has 0 aromatic rings. The SMILES string of the molecule is CCC1=CCC2C3CC(C)C4=CC(=O)CCC4(C)C3CCC12C. The van der Waals surface area contributed by atoms with Gasteiger partial charge in [0.15, 0.2) is 5.78 Å². The van der Waals surface area contributed by atoms with E-state index >= 15 is 0 Å². The Balaban J connectivity index is 1.71. The Labute approximate surface area is 141 Å². The highest BCUT2D eigenvalue weighted by Gasteiger charge is 2.57. The summed E-state index contributed by atoms with van der Waals surface area (Å²) in [6.45, 7) is 9.77. The molecule has 6 unspecified atom stereocenters. The van der Waals surface area contributed by atoms with Crippen LogP contribution in [0.15, 0.2) is 23.3 Å². The molecule has 0 N–H and O–H groups in total. The first-order chi connectivity index (χ1) is 10.9. The van der Waals surface area contributed by atoms with Crippen molar-refractivity contribution in [3.63, 3.8) is 0 Å². The summed E-state index contributed by atoms with van der Waals surface area (Å²) >= 11 is 0. The monoisotopic (exact) mass is 312 g/mol. The number of allylic oxidation sites excluding steroid dienone is 4. The number of ketones is 1. The maximum absolute atomic E-state index is 12.0. The summed E-state index contributed by atoms with van der Waals surface area (Å²) in [5.74, 6) is 3.49. The molecular weight excluding hydrogens is 280 g/mol. The Morgan fingerprint density at radius 3 is 2.70 bits per heavy atom. The molecule has 0 bridgehead atoms. The van der Waals surface area contributed by atoms with Crippen molar-refractivity contribution in [3.05, 3.63) is 23.3 Å². The standard InChI is InChI=1S/C22H32O/c1-5-15-6-7-18-17-12-14(2)20-13-16(23)8-10-22(20,4)19(17)9-11-21(15,18)3/h6,13-14,17-19H,5,7-12H2,1-4H3. The fraction of sp³-hybridized carbons (Fsp3) is 0.773. The van der Waals surface area contributed by atoms with Crippen LogP contribution >= 0.6 is 0 Å². The van der Waals surface area contributed by atoms with E-state index in [0.29, 0.717) is 22.5 Å². The summed E-state index contributed by atoms with van der Waals surface area (Å²) in [6.07, 6.45) is 13.1. The van der Waals surface area contributed by atoms with Crippen LogP contribution in [-0.2, 0) is 4.79 Å². The second-order valence-electron chi connectivity index (χ2n) is 9.27. The number of carbonyl (C=O) groups excluding carboxylic acids is 1. The molecular formula is C22H32O.